The van der Waals surface area contributed by atoms with Crippen molar-refractivity contribution in [1.29, 1.82) is 0 Å². The lowest BCUT2D eigenvalue weighted by atomic mass is 10.2. The summed E-state index contributed by atoms with van der Waals surface area (Å²) < 4.78 is 0. The number of aryl methyl sites for hydroxylation is 1. The maximum absolute atomic E-state index is 11.2. The van der Waals surface area contributed by atoms with Gasteiger partial charge >= 0.3 is 0 Å². The van der Waals surface area contributed by atoms with Crippen molar-refractivity contribution < 1.29 is 5.11 Å². The standard InChI is InChI=1S/C10H13NO2/c1-8-6-9(4-2-3-5-12)10(13)11-7-8/h2,4,6-7,12H,3,5H2,1H3,(H,11,13). The molecule has 0 bridgehead atoms. The van der Waals surface area contributed by atoms with E-state index in [0.717, 1.165) is 5.56 Å². The molecule has 1 aromatic heterocycles. The number of nitrogens with one attached hydrogen (secondary N) is 1. The first-order chi connectivity index (χ1) is 6.24. The molecule has 0 spiro atoms. The molecule has 3 heteroatoms. The molecule has 1 aromatic rings. The van der Waals surface area contributed by atoms with Gasteiger partial charge in [-0.25, -0.2) is 0 Å². The van der Waals surface area contributed by atoms with Crippen LogP contribution >= 0.6 is 0 Å². The number of aliphatic hydroxyl groups excluding tert-OH is 1. The second-order valence-corrected chi connectivity index (χ2v) is 2.88. The van der Waals surface area contributed by atoms with Gasteiger partial charge in [-0.1, -0.05) is 12.2 Å². The van der Waals surface area contributed by atoms with Crippen molar-refractivity contribution in [3.8, 4) is 0 Å². The van der Waals surface area contributed by atoms with Gasteiger partial charge in [0.1, 0.15) is 0 Å². The quantitative estimate of drug-likeness (QED) is 0.729. The molecule has 0 aliphatic heterocycles. The molecule has 0 aromatic carbocycles. The minimum Gasteiger partial charge on any atom is -0.396 e. The molecule has 3 nitrogen and oxygen atoms in total. The van der Waals surface area contributed by atoms with Crippen LogP contribution < -0.4 is 5.56 Å². The van der Waals surface area contributed by atoms with Gasteiger partial charge in [-0.15, -0.1) is 0 Å². The molecule has 0 aliphatic carbocycles. The van der Waals surface area contributed by atoms with Crippen LogP contribution in [-0.2, 0) is 0 Å². The third kappa shape index (κ3) is 2.87. The van der Waals surface area contributed by atoms with E-state index in [9.17, 15) is 4.79 Å². The lowest BCUT2D eigenvalue weighted by Crippen LogP contribution is -2.08. The maximum Gasteiger partial charge on any atom is 0.255 e. The van der Waals surface area contributed by atoms with Gasteiger partial charge in [0.15, 0.2) is 0 Å². The highest BCUT2D eigenvalue weighted by Crippen LogP contribution is 1.99. The predicted molar refractivity (Wildman–Crippen MR) is 52.5 cm³/mol. The van der Waals surface area contributed by atoms with Gasteiger partial charge < -0.3 is 10.1 Å². The molecular weight excluding hydrogens is 166 g/mol. The molecule has 2 N–H and O–H groups in total. The summed E-state index contributed by atoms with van der Waals surface area (Å²) >= 11 is 0. The molecule has 0 saturated heterocycles. The molecule has 0 radical (unpaired) electrons. The van der Waals surface area contributed by atoms with Crippen molar-refractivity contribution in [3.05, 3.63) is 39.8 Å². The van der Waals surface area contributed by atoms with Crippen LogP contribution in [0.15, 0.2) is 23.1 Å². The third-order valence-corrected chi connectivity index (χ3v) is 1.67. The van der Waals surface area contributed by atoms with Gasteiger partial charge in [0.05, 0.1) is 0 Å². The van der Waals surface area contributed by atoms with Crippen molar-refractivity contribution in [2.45, 2.75) is 13.3 Å². The Morgan fingerprint density at radius 1 is 1.62 bits per heavy atom. The Labute approximate surface area is 76.7 Å². The second kappa shape index (κ2) is 4.62. The Morgan fingerprint density at radius 3 is 3.08 bits per heavy atom. The van der Waals surface area contributed by atoms with Crippen LogP contribution in [0, 0.1) is 6.92 Å². The molecule has 70 valence electrons. The largest absolute Gasteiger partial charge is 0.396 e. The van der Waals surface area contributed by atoms with Gasteiger partial charge in [-0.05, 0) is 25.0 Å². The van der Waals surface area contributed by atoms with E-state index in [1.807, 2.05) is 13.0 Å². The van der Waals surface area contributed by atoms with E-state index in [1.54, 1.807) is 18.3 Å². The van der Waals surface area contributed by atoms with Gasteiger partial charge in [0, 0.05) is 18.4 Å². The maximum atomic E-state index is 11.2. The minimum absolute atomic E-state index is 0.0974. The van der Waals surface area contributed by atoms with Gasteiger partial charge in [0.25, 0.3) is 5.56 Å². The molecule has 0 unspecified atom stereocenters. The number of hydrogen-bond acceptors (Lipinski definition) is 2. The van der Waals surface area contributed by atoms with Crippen molar-refractivity contribution in [2.24, 2.45) is 0 Å². The molecule has 1 heterocycles. The number of rotatable bonds is 3. The average Bonchev–Trinajstić information content (AvgIpc) is 2.11. The van der Waals surface area contributed by atoms with Crippen LogP contribution in [0.2, 0.25) is 0 Å². The molecule has 13 heavy (non-hydrogen) atoms. The number of aromatic nitrogens is 1. The van der Waals surface area contributed by atoms with Crippen LogP contribution in [0.3, 0.4) is 0 Å². The molecule has 0 atom stereocenters. The smallest absolute Gasteiger partial charge is 0.255 e. The Hall–Kier alpha value is -1.35. The predicted octanol–water partition coefficient (Wildman–Crippen LogP) is 1.08. The number of aromatic amines is 1. The zero-order valence-electron chi connectivity index (χ0n) is 7.58. The Balaban J connectivity index is 2.87. The monoisotopic (exact) mass is 179 g/mol. The van der Waals surface area contributed by atoms with Crippen LogP contribution in [0.1, 0.15) is 17.5 Å². The molecule has 0 amide bonds. The Morgan fingerprint density at radius 2 is 2.38 bits per heavy atom. The molecule has 1 rings (SSSR count). The van der Waals surface area contributed by atoms with Crippen LogP contribution in [0.4, 0.5) is 0 Å². The van der Waals surface area contributed by atoms with Crippen LogP contribution in [0.5, 0.6) is 0 Å². The fourth-order valence-corrected chi connectivity index (χ4v) is 1.02. The minimum atomic E-state index is -0.0974. The Kier molecular flexibility index (Phi) is 3.46. The van der Waals surface area contributed by atoms with Crippen LogP contribution in [-0.4, -0.2) is 16.7 Å². The summed E-state index contributed by atoms with van der Waals surface area (Å²) in [4.78, 5) is 13.8. The van der Waals surface area contributed by atoms with Crippen molar-refractivity contribution in [3.63, 3.8) is 0 Å². The van der Waals surface area contributed by atoms with Crippen LogP contribution in [0.25, 0.3) is 6.08 Å². The molecule has 0 saturated carbocycles. The third-order valence-electron chi connectivity index (χ3n) is 1.67. The normalized spacial score (nSPS) is 10.9. The van der Waals surface area contributed by atoms with E-state index in [-0.39, 0.29) is 12.2 Å². The first-order valence-corrected chi connectivity index (χ1v) is 4.21. The summed E-state index contributed by atoms with van der Waals surface area (Å²) in [7, 11) is 0. The summed E-state index contributed by atoms with van der Waals surface area (Å²) in [6, 6.07) is 1.81. The lowest BCUT2D eigenvalue weighted by molar-refractivity contribution is 0.303. The van der Waals surface area contributed by atoms with Crippen molar-refractivity contribution in [1.82, 2.24) is 4.98 Å². The number of pyridine rings is 1. The van der Waals surface area contributed by atoms with Gasteiger partial charge in [-0.3, -0.25) is 4.79 Å². The fraction of sp³-hybridized carbons (Fsp3) is 0.300. The van der Waals surface area contributed by atoms with E-state index in [4.69, 9.17) is 5.11 Å². The zero-order valence-corrected chi connectivity index (χ0v) is 7.58. The summed E-state index contributed by atoms with van der Waals surface area (Å²) in [5.41, 5.74) is 1.55. The van der Waals surface area contributed by atoms with E-state index in [1.165, 1.54) is 0 Å². The second-order valence-electron chi connectivity index (χ2n) is 2.88. The average molecular weight is 179 g/mol. The van der Waals surface area contributed by atoms with Gasteiger partial charge in [-0.2, -0.15) is 0 Å². The highest BCUT2D eigenvalue weighted by molar-refractivity contribution is 5.48. The fourth-order valence-electron chi connectivity index (χ4n) is 1.02. The molecule has 0 aliphatic rings. The highest BCUT2D eigenvalue weighted by atomic mass is 16.2. The summed E-state index contributed by atoms with van der Waals surface area (Å²) in [6.45, 7) is 2.03. The summed E-state index contributed by atoms with van der Waals surface area (Å²) in [6.07, 6.45) is 5.76. The first-order valence-electron chi connectivity index (χ1n) is 4.21. The number of hydrogen-bond donors (Lipinski definition) is 2. The van der Waals surface area contributed by atoms with E-state index < -0.39 is 0 Å². The highest BCUT2D eigenvalue weighted by Gasteiger charge is 1.93. The molecular formula is C10H13NO2. The lowest BCUT2D eigenvalue weighted by Gasteiger charge is -1.94. The van der Waals surface area contributed by atoms with Gasteiger partial charge in [0.2, 0.25) is 0 Å². The SMILES string of the molecule is Cc1c[nH]c(=O)c(C=CCCO)c1. The molecule has 0 fully saturated rings. The summed E-state index contributed by atoms with van der Waals surface area (Å²) in [5, 5.41) is 8.53. The first kappa shape index (κ1) is 9.74. The zero-order chi connectivity index (χ0) is 9.68. The number of H-pyrrole nitrogens is 1. The van der Waals surface area contributed by atoms with E-state index in [0.29, 0.717) is 12.0 Å². The topological polar surface area (TPSA) is 53.1 Å². The van der Waals surface area contributed by atoms with E-state index in [2.05, 4.69) is 4.98 Å². The Bertz CT molecular complexity index is 352. The van der Waals surface area contributed by atoms with Crippen molar-refractivity contribution >= 4 is 6.08 Å². The van der Waals surface area contributed by atoms with E-state index >= 15 is 0 Å². The summed E-state index contributed by atoms with van der Waals surface area (Å²) in [5.74, 6) is 0. The van der Waals surface area contributed by atoms with Crippen molar-refractivity contribution in [2.75, 3.05) is 6.61 Å². The number of aliphatic hydroxyl groups is 1.